The molecule has 1 aliphatic rings. The Morgan fingerprint density at radius 3 is 2.33 bits per heavy atom. The number of hydrogen-bond acceptors (Lipinski definition) is 6. The SMILES string of the molecule is COc1ccc(S(=O)(=O)N(C)CC(=O)NCc2ccc(N3CCOCC3)cc2)cc1. The standard InChI is InChI=1S/C21H27N3O5S/c1-23(30(26,27)20-9-7-19(28-2)8-10-20)16-21(25)22-15-17-3-5-18(6-4-17)24-11-13-29-14-12-24/h3-10H,11-16H2,1-2H3,(H,22,25). The number of anilines is 1. The van der Waals surface area contributed by atoms with Crippen molar-refractivity contribution < 1.29 is 22.7 Å². The number of nitrogens with zero attached hydrogens (tertiary/aromatic N) is 2. The molecule has 1 aliphatic heterocycles. The largest absolute Gasteiger partial charge is 0.497 e. The Morgan fingerprint density at radius 1 is 1.10 bits per heavy atom. The van der Waals surface area contributed by atoms with Crippen LogP contribution in [-0.4, -0.2) is 65.6 Å². The van der Waals surface area contributed by atoms with E-state index >= 15 is 0 Å². The summed E-state index contributed by atoms with van der Waals surface area (Å²) in [6, 6.07) is 14.0. The van der Waals surface area contributed by atoms with E-state index in [1.54, 1.807) is 12.1 Å². The number of sulfonamides is 1. The molecule has 30 heavy (non-hydrogen) atoms. The zero-order chi connectivity index (χ0) is 21.6. The zero-order valence-electron chi connectivity index (χ0n) is 17.2. The van der Waals surface area contributed by atoms with Gasteiger partial charge in [-0.15, -0.1) is 0 Å². The van der Waals surface area contributed by atoms with Gasteiger partial charge < -0.3 is 19.7 Å². The van der Waals surface area contributed by atoms with E-state index in [-0.39, 0.29) is 17.3 Å². The second-order valence-electron chi connectivity index (χ2n) is 6.98. The van der Waals surface area contributed by atoms with Gasteiger partial charge in [-0.1, -0.05) is 12.1 Å². The van der Waals surface area contributed by atoms with Crippen LogP contribution in [0.2, 0.25) is 0 Å². The first-order chi connectivity index (χ1) is 14.4. The third-order valence-corrected chi connectivity index (χ3v) is 6.75. The Bertz CT molecular complexity index is 940. The summed E-state index contributed by atoms with van der Waals surface area (Å²) >= 11 is 0. The van der Waals surface area contributed by atoms with Crippen LogP contribution in [0.4, 0.5) is 5.69 Å². The first-order valence-electron chi connectivity index (χ1n) is 9.69. The van der Waals surface area contributed by atoms with Crippen LogP contribution >= 0.6 is 0 Å². The normalized spacial score (nSPS) is 14.6. The molecule has 0 aliphatic carbocycles. The van der Waals surface area contributed by atoms with Crippen molar-refractivity contribution in [1.82, 2.24) is 9.62 Å². The zero-order valence-corrected chi connectivity index (χ0v) is 18.0. The van der Waals surface area contributed by atoms with Gasteiger partial charge in [0.25, 0.3) is 0 Å². The molecule has 0 spiro atoms. The lowest BCUT2D eigenvalue weighted by molar-refractivity contribution is -0.121. The number of ether oxygens (including phenoxy) is 2. The van der Waals surface area contributed by atoms with E-state index in [2.05, 4.69) is 10.2 Å². The molecule has 0 unspecified atom stereocenters. The number of methoxy groups -OCH3 is 1. The highest BCUT2D eigenvalue weighted by Crippen LogP contribution is 2.19. The van der Waals surface area contributed by atoms with E-state index in [4.69, 9.17) is 9.47 Å². The smallest absolute Gasteiger partial charge is 0.243 e. The van der Waals surface area contributed by atoms with E-state index in [0.29, 0.717) is 12.3 Å². The molecule has 0 bridgehead atoms. The highest BCUT2D eigenvalue weighted by molar-refractivity contribution is 7.89. The van der Waals surface area contributed by atoms with Crippen molar-refractivity contribution in [1.29, 1.82) is 0 Å². The van der Waals surface area contributed by atoms with E-state index < -0.39 is 10.0 Å². The fraction of sp³-hybridized carbons (Fsp3) is 0.381. The molecule has 0 aromatic heterocycles. The Kier molecular flexibility index (Phi) is 7.30. The summed E-state index contributed by atoms with van der Waals surface area (Å²) in [7, 11) is -0.864. The minimum Gasteiger partial charge on any atom is -0.497 e. The molecule has 1 amide bonds. The third kappa shape index (κ3) is 5.50. The second kappa shape index (κ2) is 9.92. The van der Waals surface area contributed by atoms with Crippen molar-refractivity contribution in [3.8, 4) is 5.75 Å². The maximum atomic E-state index is 12.6. The van der Waals surface area contributed by atoms with Crippen LogP contribution in [-0.2, 0) is 26.1 Å². The van der Waals surface area contributed by atoms with Crippen LogP contribution in [0.1, 0.15) is 5.56 Å². The Balaban J connectivity index is 1.52. The number of carbonyl (C=O) groups is 1. The van der Waals surface area contributed by atoms with Gasteiger partial charge >= 0.3 is 0 Å². The van der Waals surface area contributed by atoms with Crippen molar-refractivity contribution in [2.24, 2.45) is 0 Å². The van der Waals surface area contributed by atoms with Crippen LogP contribution in [0, 0.1) is 0 Å². The number of rotatable bonds is 8. The van der Waals surface area contributed by atoms with Crippen molar-refractivity contribution in [2.45, 2.75) is 11.4 Å². The van der Waals surface area contributed by atoms with Gasteiger partial charge in [-0.25, -0.2) is 8.42 Å². The summed E-state index contributed by atoms with van der Waals surface area (Å²) in [4.78, 5) is 14.6. The summed E-state index contributed by atoms with van der Waals surface area (Å²) in [6.45, 7) is 3.25. The van der Waals surface area contributed by atoms with Crippen LogP contribution in [0.25, 0.3) is 0 Å². The van der Waals surface area contributed by atoms with Crippen molar-refractivity contribution in [2.75, 3.05) is 51.9 Å². The Labute approximate surface area is 177 Å². The predicted octanol–water partition coefficient (Wildman–Crippen LogP) is 1.47. The van der Waals surface area contributed by atoms with E-state index in [0.717, 1.165) is 41.9 Å². The summed E-state index contributed by atoms with van der Waals surface area (Å²) < 4.78 is 36.7. The maximum Gasteiger partial charge on any atom is 0.243 e. The lowest BCUT2D eigenvalue weighted by atomic mass is 10.2. The summed E-state index contributed by atoms with van der Waals surface area (Å²) in [6.07, 6.45) is 0. The molecule has 0 saturated carbocycles. The maximum absolute atomic E-state index is 12.6. The van der Waals surface area contributed by atoms with Gasteiger partial charge in [0.05, 0.1) is 31.8 Å². The van der Waals surface area contributed by atoms with Gasteiger partial charge in [-0.3, -0.25) is 4.79 Å². The summed E-state index contributed by atoms with van der Waals surface area (Å²) in [5, 5.41) is 2.77. The number of amides is 1. The molecule has 9 heteroatoms. The lowest BCUT2D eigenvalue weighted by Gasteiger charge is -2.28. The highest BCUT2D eigenvalue weighted by atomic mass is 32.2. The van der Waals surface area contributed by atoms with E-state index in [1.807, 2.05) is 24.3 Å². The fourth-order valence-electron chi connectivity index (χ4n) is 3.12. The Hall–Kier alpha value is -2.62. The third-order valence-electron chi connectivity index (χ3n) is 4.94. The molecule has 2 aromatic rings. The number of hydrogen-bond donors (Lipinski definition) is 1. The highest BCUT2D eigenvalue weighted by Gasteiger charge is 2.23. The molecule has 1 heterocycles. The Morgan fingerprint density at radius 2 is 1.73 bits per heavy atom. The topological polar surface area (TPSA) is 88.2 Å². The average Bonchev–Trinajstić information content (AvgIpc) is 2.78. The molecule has 1 N–H and O–H groups in total. The number of benzene rings is 2. The minimum atomic E-state index is -3.76. The fourth-order valence-corrected chi connectivity index (χ4v) is 4.24. The van der Waals surface area contributed by atoms with Gasteiger partial charge in [0.15, 0.2) is 0 Å². The first-order valence-corrected chi connectivity index (χ1v) is 11.1. The first kappa shape index (κ1) is 22.1. The van der Waals surface area contributed by atoms with Crippen LogP contribution in [0.15, 0.2) is 53.4 Å². The van der Waals surface area contributed by atoms with Gasteiger partial charge in [0.1, 0.15) is 5.75 Å². The van der Waals surface area contributed by atoms with Crippen molar-refractivity contribution in [3.63, 3.8) is 0 Å². The minimum absolute atomic E-state index is 0.109. The molecule has 0 atom stereocenters. The average molecular weight is 434 g/mol. The molecular formula is C21H27N3O5S. The predicted molar refractivity (Wildman–Crippen MR) is 114 cm³/mol. The quantitative estimate of drug-likeness (QED) is 0.678. The van der Waals surface area contributed by atoms with Crippen LogP contribution in [0.5, 0.6) is 5.75 Å². The van der Waals surface area contributed by atoms with Crippen LogP contribution in [0.3, 0.4) is 0 Å². The molecule has 0 radical (unpaired) electrons. The molecule has 1 saturated heterocycles. The second-order valence-corrected chi connectivity index (χ2v) is 9.02. The van der Waals surface area contributed by atoms with Gasteiger partial charge in [0.2, 0.25) is 15.9 Å². The molecule has 1 fully saturated rings. The summed E-state index contributed by atoms with van der Waals surface area (Å²) in [5.41, 5.74) is 2.07. The van der Waals surface area contributed by atoms with Crippen LogP contribution < -0.4 is 15.0 Å². The van der Waals surface area contributed by atoms with Crippen molar-refractivity contribution >= 4 is 21.6 Å². The van der Waals surface area contributed by atoms with Gasteiger partial charge in [-0.05, 0) is 42.0 Å². The van der Waals surface area contributed by atoms with Crippen molar-refractivity contribution in [3.05, 3.63) is 54.1 Å². The number of carbonyl (C=O) groups excluding carboxylic acids is 1. The van der Waals surface area contributed by atoms with E-state index in [1.165, 1.54) is 26.3 Å². The van der Waals surface area contributed by atoms with Gasteiger partial charge in [-0.2, -0.15) is 4.31 Å². The van der Waals surface area contributed by atoms with E-state index in [9.17, 15) is 13.2 Å². The number of likely N-dealkylation sites (N-methyl/N-ethyl adjacent to an activating group) is 1. The molecule has 3 rings (SSSR count). The monoisotopic (exact) mass is 433 g/mol. The molecule has 8 nitrogen and oxygen atoms in total. The number of nitrogens with one attached hydrogen (secondary N) is 1. The number of morpholine rings is 1. The molecule has 162 valence electrons. The molecular weight excluding hydrogens is 406 g/mol. The summed E-state index contributed by atoms with van der Waals surface area (Å²) in [5.74, 6) is 0.195. The molecule has 2 aromatic carbocycles. The van der Waals surface area contributed by atoms with Gasteiger partial charge in [0, 0.05) is 32.4 Å². The lowest BCUT2D eigenvalue weighted by Crippen LogP contribution is -2.38.